The second-order valence-corrected chi connectivity index (χ2v) is 6.50. The fraction of sp³-hybridized carbons (Fsp3) is 0.250. The highest BCUT2D eigenvalue weighted by atomic mass is 35.5. The highest BCUT2D eigenvalue weighted by molar-refractivity contribution is 6.66. The smallest absolute Gasteiger partial charge is 0.154 e. The van der Waals surface area contributed by atoms with Crippen LogP contribution in [0.2, 0.25) is 0 Å². The van der Waals surface area contributed by atoms with Crippen molar-refractivity contribution in [3.8, 4) is 11.4 Å². The van der Waals surface area contributed by atoms with E-state index in [1.807, 2.05) is 38.1 Å². The van der Waals surface area contributed by atoms with Crippen molar-refractivity contribution in [1.82, 2.24) is 19.7 Å². The zero-order valence-corrected chi connectivity index (χ0v) is 14.1. The molecule has 0 saturated carbocycles. The molecule has 0 amide bonds. The average molecular weight is 346 g/mol. The van der Waals surface area contributed by atoms with E-state index in [9.17, 15) is 0 Å². The Morgan fingerprint density at radius 1 is 1.22 bits per heavy atom. The molecule has 2 aromatic heterocycles. The fourth-order valence-electron chi connectivity index (χ4n) is 2.73. The largest absolute Gasteiger partial charge is 0.249 e. The topological polar surface area (TPSA) is 56.0 Å². The molecule has 1 unspecified atom stereocenters. The summed E-state index contributed by atoms with van der Waals surface area (Å²) < 4.78 is 1.67. The second-order valence-electron chi connectivity index (χ2n) is 5.56. The summed E-state index contributed by atoms with van der Waals surface area (Å²) in [5.74, 6) is 0.641. The first-order valence-corrected chi connectivity index (χ1v) is 8.05. The van der Waals surface area contributed by atoms with Gasteiger partial charge in [-0.1, -0.05) is 35.3 Å². The first-order chi connectivity index (χ1) is 11.0. The number of fused-ring (bicyclic) bond motifs is 2. The number of benzene rings is 1. The second kappa shape index (κ2) is 5.28. The predicted octanol–water partition coefficient (Wildman–Crippen LogP) is 4.52. The quantitative estimate of drug-likeness (QED) is 0.609. The first-order valence-electron chi connectivity index (χ1n) is 7.24. The van der Waals surface area contributed by atoms with E-state index in [-0.39, 0.29) is 5.50 Å². The monoisotopic (exact) mass is 345 g/mol. The lowest BCUT2D eigenvalue weighted by Crippen LogP contribution is -2.11. The molecule has 0 bridgehead atoms. The van der Waals surface area contributed by atoms with E-state index < -0.39 is 0 Å². The molecule has 1 aliphatic rings. The van der Waals surface area contributed by atoms with E-state index in [0.717, 1.165) is 28.0 Å². The number of hydrogen-bond donors (Lipinski definition) is 0. The molecule has 3 aromatic rings. The van der Waals surface area contributed by atoms with Crippen molar-refractivity contribution < 1.29 is 0 Å². The SMILES string of the molecule is Cc1nc2cccc(C)c2nc1-c1cc2n(n1)C(Cl)CC(Cl)=N2. The van der Waals surface area contributed by atoms with Crippen LogP contribution in [0.4, 0.5) is 5.82 Å². The Kier molecular flexibility index (Phi) is 3.36. The van der Waals surface area contributed by atoms with E-state index in [1.54, 1.807) is 4.68 Å². The van der Waals surface area contributed by atoms with Crippen molar-refractivity contribution in [2.45, 2.75) is 25.8 Å². The van der Waals surface area contributed by atoms with Crippen LogP contribution in [0.15, 0.2) is 29.3 Å². The maximum atomic E-state index is 6.30. The first kappa shape index (κ1) is 14.6. The van der Waals surface area contributed by atoms with Gasteiger partial charge in [-0.05, 0) is 25.5 Å². The summed E-state index contributed by atoms with van der Waals surface area (Å²) in [5, 5.41) is 5.04. The number of nitrogens with zero attached hydrogens (tertiary/aromatic N) is 5. The third-order valence-electron chi connectivity index (χ3n) is 3.87. The van der Waals surface area contributed by atoms with E-state index in [0.29, 0.717) is 23.1 Å². The molecule has 116 valence electrons. The van der Waals surface area contributed by atoms with Crippen LogP contribution in [0.1, 0.15) is 23.2 Å². The predicted molar refractivity (Wildman–Crippen MR) is 92.7 cm³/mol. The van der Waals surface area contributed by atoms with Gasteiger partial charge in [-0.15, -0.1) is 0 Å². The van der Waals surface area contributed by atoms with Gasteiger partial charge in [0.05, 0.1) is 16.7 Å². The van der Waals surface area contributed by atoms with E-state index in [2.05, 4.69) is 15.1 Å². The van der Waals surface area contributed by atoms with Crippen molar-refractivity contribution in [2.75, 3.05) is 0 Å². The molecular weight excluding hydrogens is 333 g/mol. The molecular formula is C16H13Cl2N5. The lowest BCUT2D eigenvalue weighted by Gasteiger charge is -2.15. The van der Waals surface area contributed by atoms with Crippen LogP contribution in [0, 0.1) is 13.8 Å². The summed E-state index contributed by atoms with van der Waals surface area (Å²) >= 11 is 12.3. The highest BCUT2D eigenvalue weighted by Crippen LogP contribution is 2.34. The van der Waals surface area contributed by atoms with Gasteiger partial charge in [-0.25, -0.2) is 19.6 Å². The van der Waals surface area contributed by atoms with Gasteiger partial charge in [0, 0.05) is 12.5 Å². The Labute approximate surface area is 143 Å². The van der Waals surface area contributed by atoms with Crippen LogP contribution >= 0.6 is 23.2 Å². The number of rotatable bonds is 1. The van der Waals surface area contributed by atoms with Crippen LogP contribution in [0.25, 0.3) is 22.4 Å². The van der Waals surface area contributed by atoms with Gasteiger partial charge >= 0.3 is 0 Å². The normalized spacial score (nSPS) is 17.2. The Morgan fingerprint density at radius 2 is 2.04 bits per heavy atom. The highest BCUT2D eigenvalue weighted by Gasteiger charge is 2.23. The number of aryl methyl sites for hydroxylation is 2. The van der Waals surface area contributed by atoms with Gasteiger partial charge in [-0.3, -0.25) is 0 Å². The standard InChI is InChI=1S/C16H13Cl2N5/c1-8-4-3-5-10-15(8)21-16(9(2)19-10)11-6-14-20-12(17)7-13(18)23(14)22-11/h3-6,13H,7H2,1-2H3. The number of aromatic nitrogens is 4. The average Bonchev–Trinajstić information content (AvgIpc) is 2.91. The van der Waals surface area contributed by atoms with Crippen molar-refractivity contribution in [1.29, 1.82) is 0 Å². The van der Waals surface area contributed by atoms with Crippen LogP contribution in [-0.4, -0.2) is 24.9 Å². The minimum Gasteiger partial charge on any atom is -0.249 e. The van der Waals surface area contributed by atoms with Crippen LogP contribution in [0.5, 0.6) is 0 Å². The fourth-order valence-corrected chi connectivity index (χ4v) is 3.33. The number of aliphatic imine (C=N–C) groups is 1. The Bertz CT molecular complexity index is 961. The third kappa shape index (κ3) is 2.40. The van der Waals surface area contributed by atoms with Crippen LogP contribution in [-0.2, 0) is 0 Å². The van der Waals surface area contributed by atoms with Crippen molar-refractivity contribution in [3.63, 3.8) is 0 Å². The maximum absolute atomic E-state index is 6.30. The molecule has 0 saturated heterocycles. The van der Waals surface area contributed by atoms with E-state index in [4.69, 9.17) is 28.2 Å². The summed E-state index contributed by atoms with van der Waals surface area (Å²) in [5.41, 5.74) is 4.77. The molecule has 1 aromatic carbocycles. The Balaban J connectivity index is 1.92. The molecule has 0 fully saturated rings. The molecule has 0 N–H and O–H groups in total. The summed E-state index contributed by atoms with van der Waals surface area (Å²) in [6.07, 6.45) is 0.471. The zero-order valence-electron chi connectivity index (χ0n) is 12.6. The van der Waals surface area contributed by atoms with Gasteiger partial charge in [0.15, 0.2) is 5.82 Å². The molecule has 23 heavy (non-hydrogen) atoms. The summed E-state index contributed by atoms with van der Waals surface area (Å²) in [7, 11) is 0. The van der Waals surface area contributed by atoms with E-state index >= 15 is 0 Å². The van der Waals surface area contributed by atoms with Gasteiger partial charge in [0.25, 0.3) is 0 Å². The Hall–Kier alpha value is -1.98. The molecule has 1 atom stereocenters. The number of alkyl halides is 1. The van der Waals surface area contributed by atoms with Crippen molar-refractivity contribution >= 4 is 45.2 Å². The maximum Gasteiger partial charge on any atom is 0.154 e. The molecule has 7 heteroatoms. The molecule has 3 heterocycles. The minimum atomic E-state index is -0.334. The summed E-state index contributed by atoms with van der Waals surface area (Å²) in [6.45, 7) is 3.95. The van der Waals surface area contributed by atoms with Gasteiger partial charge in [-0.2, -0.15) is 5.10 Å². The number of hydrogen-bond acceptors (Lipinski definition) is 4. The summed E-state index contributed by atoms with van der Waals surface area (Å²) in [6, 6.07) is 7.81. The molecule has 0 radical (unpaired) electrons. The van der Waals surface area contributed by atoms with Gasteiger partial charge in [0.1, 0.15) is 22.1 Å². The molecule has 1 aliphatic heterocycles. The van der Waals surface area contributed by atoms with E-state index in [1.165, 1.54) is 0 Å². The summed E-state index contributed by atoms with van der Waals surface area (Å²) in [4.78, 5) is 13.7. The number of para-hydroxylation sites is 1. The Morgan fingerprint density at radius 3 is 2.87 bits per heavy atom. The lowest BCUT2D eigenvalue weighted by molar-refractivity contribution is 0.603. The molecule has 0 aliphatic carbocycles. The van der Waals surface area contributed by atoms with Crippen LogP contribution in [0.3, 0.4) is 0 Å². The third-order valence-corrected chi connectivity index (χ3v) is 4.45. The molecule has 0 spiro atoms. The van der Waals surface area contributed by atoms with Gasteiger partial charge in [0.2, 0.25) is 0 Å². The number of halogens is 2. The zero-order chi connectivity index (χ0) is 16.1. The minimum absolute atomic E-state index is 0.334. The molecule has 4 rings (SSSR count). The molecule has 5 nitrogen and oxygen atoms in total. The van der Waals surface area contributed by atoms with Gasteiger partial charge < -0.3 is 0 Å². The van der Waals surface area contributed by atoms with Crippen molar-refractivity contribution in [2.24, 2.45) is 4.99 Å². The lowest BCUT2D eigenvalue weighted by atomic mass is 10.1. The van der Waals surface area contributed by atoms with Crippen molar-refractivity contribution in [3.05, 3.63) is 35.5 Å². The van der Waals surface area contributed by atoms with Crippen LogP contribution < -0.4 is 0 Å².